The third-order valence-corrected chi connectivity index (χ3v) is 3.43. The summed E-state index contributed by atoms with van der Waals surface area (Å²) in [6.07, 6.45) is 3.42. The predicted octanol–water partition coefficient (Wildman–Crippen LogP) is 1.73. The summed E-state index contributed by atoms with van der Waals surface area (Å²) in [7, 11) is 7.25. The number of hydrogen-bond acceptors (Lipinski definition) is 4. The molecule has 21 heavy (non-hydrogen) atoms. The Bertz CT molecular complexity index is 681. The maximum atomic E-state index is 11.9. The average Bonchev–Trinajstić information content (AvgIpc) is 2.46. The van der Waals surface area contributed by atoms with Gasteiger partial charge in [-0.3, -0.25) is 0 Å². The van der Waals surface area contributed by atoms with E-state index < -0.39 is 5.97 Å². The molecule has 0 spiro atoms. The third kappa shape index (κ3) is 2.86. The van der Waals surface area contributed by atoms with E-state index in [-0.39, 0.29) is 0 Å². The van der Waals surface area contributed by atoms with Crippen LogP contribution in [0.15, 0.2) is 30.6 Å². The Morgan fingerprint density at radius 3 is 2.62 bits per heavy atom. The Morgan fingerprint density at radius 1 is 1.33 bits per heavy atom. The zero-order valence-corrected chi connectivity index (χ0v) is 13.0. The topological polar surface area (TPSA) is 46.3 Å². The Labute approximate surface area is 124 Å². The first-order valence-electron chi connectivity index (χ1n) is 6.67. The molecule has 0 amide bonds. The van der Waals surface area contributed by atoms with Crippen LogP contribution in [0.3, 0.4) is 0 Å². The van der Waals surface area contributed by atoms with E-state index in [0.29, 0.717) is 5.69 Å². The van der Waals surface area contributed by atoms with Crippen molar-refractivity contribution in [2.24, 2.45) is 7.05 Å². The number of carbonyl (C=O) groups excluding carboxylic acids is 1. The molecule has 1 aromatic carbocycles. The third-order valence-electron chi connectivity index (χ3n) is 3.43. The Kier molecular flexibility index (Phi) is 4.21. The highest BCUT2D eigenvalue weighted by atomic mass is 16.5. The quantitative estimate of drug-likeness (QED) is 0.637. The van der Waals surface area contributed by atoms with Gasteiger partial charge in [0.15, 0.2) is 6.20 Å². The summed E-state index contributed by atoms with van der Waals surface area (Å²) in [4.78, 5) is 18.2. The number of ether oxygens (including phenoxy) is 1. The Balaban J connectivity index is 2.64. The molecule has 5 heteroatoms. The lowest BCUT2D eigenvalue weighted by Crippen LogP contribution is -2.34. The van der Waals surface area contributed by atoms with Crippen LogP contribution in [-0.2, 0) is 11.8 Å². The minimum atomic E-state index is -0.433. The van der Waals surface area contributed by atoms with Crippen LogP contribution in [0.25, 0.3) is 11.3 Å². The first-order chi connectivity index (χ1) is 9.95. The first kappa shape index (κ1) is 15.0. The van der Waals surface area contributed by atoms with Gasteiger partial charge in [0, 0.05) is 19.8 Å². The molecule has 0 radical (unpaired) electrons. The number of benzene rings is 1. The molecule has 0 saturated carbocycles. The second-order valence-corrected chi connectivity index (χ2v) is 5.12. The normalized spacial score (nSPS) is 10.3. The second kappa shape index (κ2) is 5.91. The van der Waals surface area contributed by atoms with Crippen LogP contribution in [-0.4, -0.2) is 32.2 Å². The van der Waals surface area contributed by atoms with Crippen molar-refractivity contribution in [2.45, 2.75) is 6.92 Å². The molecule has 110 valence electrons. The van der Waals surface area contributed by atoms with Gasteiger partial charge in [0.25, 0.3) is 0 Å². The van der Waals surface area contributed by atoms with E-state index in [1.165, 1.54) is 7.11 Å². The largest absolute Gasteiger partial charge is 0.464 e. The fraction of sp³-hybridized carbons (Fsp3) is 0.312. The molecule has 1 heterocycles. The molecule has 0 aliphatic carbocycles. The van der Waals surface area contributed by atoms with Gasteiger partial charge < -0.3 is 9.64 Å². The number of esters is 1. The van der Waals surface area contributed by atoms with Crippen molar-refractivity contribution < 1.29 is 14.1 Å². The summed E-state index contributed by atoms with van der Waals surface area (Å²) in [6.45, 7) is 2.02. The van der Waals surface area contributed by atoms with Gasteiger partial charge in [-0.05, 0) is 30.7 Å². The van der Waals surface area contributed by atoms with Crippen molar-refractivity contribution >= 4 is 11.7 Å². The van der Waals surface area contributed by atoms with Crippen LogP contribution < -0.4 is 9.47 Å². The highest BCUT2D eigenvalue weighted by Crippen LogP contribution is 2.26. The van der Waals surface area contributed by atoms with Gasteiger partial charge in [0.05, 0.1) is 18.9 Å². The van der Waals surface area contributed by atoms with Gasteiger partial charge in [-0.25, -0.2) is 9.78 Å². The summed E-state index contributed by atoms with van der Waals surface area (Å²) in [5.74, 6) is -0.433. The summed E-state index contributed by atoms with van der Waals surface area (Å²) < 4.78 is 6.72. The number of rotatable bonds is 3. The maximum Gasteiger partial charge on any atom is 0.363 e. The second-order valence-electron chi connectivity index (χ2n) is 5.12. The number of nitrogens with zero attached hydrogens (tertiary/aromatic N) is 3. The average molecular weight is 286 g/mol. The molecule has 0 fully saturated rings. The zero-order chi connectivity index (χ0) is 15.6. The monoisotopic (exact) mass is 286 g/mol. The lowest BCUT2D eigenvalue weighted by Gasteiger charge is -2.15. The molecule has 2 aromatic rings. The van der Waals surface area contributed by atoms with Crippen molar-refractivity contribution in [1.82, 2.24) is 4.98 Å². The van der Waals surface area contributed by atoms with E-state index >= 15 is 0 Å². The number of aryl methyl sites for hydroxylation is 2. The lowest BCUT2D eigenvalue weighted by atomic mass is 10.0. The predicted molar refractivity (Wildman–Crippen MR) is 81.3 cm³/mol. The summed E-state index contributed by atoms with van der Waals surface area (Å²) in [5, 5.41) is 0. The van der Waals surface area contributed by atoms with E-state index in [0.717, 1.165) is 22.5 Å². The molecule has 5 nitrogen and oxygen atoms in total. The van der Waals surface area contributed by atoms with Crippen LogP contribution >= 0.6 is 0 Å². The van der Waals surface area contributed by atoms with Crippen molar-refractivity contribution in [2.75, 3.05) is 26.1 Å². The Morgan fingerprint density at radius 2 is 2.05 bits per heavy atom. The van der Waals surface area contributed by atoms with Crippen LogP contribution in [0.2, 0.25) is 0 Å². The van der Waals surface area contributed by atoms with E-state index in [4.69, 9.17) is 4.74 Å². The molecule has 2 rings (SSSR count). The van der Waals surface area contributed by atoms with Crippen LogP contribution in [0.5, 0.6) is 0 Å². The molecule has 0 N–H and O–H groups in total. The van der Waals surface area contributed by atoms with Crippen molar-refractivity contribution in [3.05, 3.63) is 41.9 Å². The minimum absolute atomic E-state index is 0.322. The fourth-order valence-electron chi connectivity index (χ4n) is 2.27. The first-order valence-corrected chi connectivity index (χ1v) is 6.67. The molecule has 0 atom stereocenters. The van der Waals surface area contributed by atoms with E-state index in [1.807, 2.05) is 55.9 Å². The lowest BCUT2D eigenvalue weighted by molar-refractivity contribution is -0.661. The smallest absolute Gasteiger partial charge is 0.363 e. The Hall–Kier alpha value is -2.43. The SMILES string of the molecule is COC(=O)c1ncc[n+](C)c1-c1ccc(N(C)C)cc1C. The molecule has 0 aliphatic rings. The molecule has 1 aromatic heterocycles. The van der Waals surface area contributed by atoms with Gasteiger partial charge in [0.2, 0.25) is 11.4 Å². The molecule has 0 bridgehead atoms. The van der Waals surface area contributed by atoms with Gasteiger partial charge in [0.1, 0.15) is 7.05 Å². The van der Waals surface area contributed by atoms with Gasteiger partial charge in [-0.2, -0.15) is 4.57 Å². The zero-order valence-electron chi connectivity index (χ0n) is 13.0. The van der Waals surface area contributed by atoms with E-state index in [2.05, 4.69) is 11.1 Å². The van der Waals surface area contributed by atoms with Crippen molar-refractivity contribution in [3.8, 4) is 11.3 Å². The number of hydrogen-bond donors (Lipinski definition) is 0. The highest BCUT2D eigenvalue weighted by Gasteiger charge is 2.25. The fourth-order valence-corrected chi connectivity index (χ4v) is 2.27. The summed E-state index contributed by atoms with van der Waals surface area (Å²) in [5.41, 5.74) is 4.24. The molecule has 0 aliphatic heterocycles. The molecular formula is C16H20N3O2+. The van der Waals surface area contributed by atoms with E-state index in [1.54, 1.807) is 6.20 Å². The molecule has 0 unspecified atom stereocenters. The molecule has 0 saturated heterocycles. The highest BCUT2D eigenvalue weighted by molar-refractivity contribution is 5.93. The maximum absolute atomic E-state index is 11.9. The van der Waals surface area contributed by atoms with Crippen LogP contribution in [0.1, 0.15) is 16.1 Å². The number of methoxy groups -OCH3 is 1. The summed E-state index contributed by atoms with van der Waals surface area (Å²) >= 11 is 0. The number of aromatic nitrogens is 2. The van der Waals surface area contributed by atoms with Crippen molar-refractivity contribution in [3.63, 3.8) is 0 Å². The minimum Gasteiger partial charge on any atom is -0.464 e. The number of carbonyl (C=O) groups is 1. The van der Waals surface area contributed by atoms with Crippen LogP contribution in [0.4, 0.5) is 5.69 Å². The van der Waals surface area contributed by atoms with Gasteiger partial charge in [-0.1, -0.05) is 0 Å². The van der Waals surface area contributed by atoms with Gasteiger partial charge in [-0.15, -0.1) is 0 Å². The summed E-state index contributed by atoms with van der Waals surface area (Å²) in [6, 6.07) is 6.12. The van der Waals surface area contributed by atoms with Gasteiger partial charge >= 0.3 is 5.97 Å². The van der Waals surface area contributed by atoms with Crippen molar-refractivity contribution in [1.29, 1.82) is 0 Å². The standard InChI is InChI=1S/C16H20N3O2/c1-11-10-12(18(2)3)6-7-13(11)15-14(16(20)21-5)17-8-9-19(15)4/h6-10H,1-5H3/q+1. The van der Waals surface area contributed by atoms with Crippen LogP contribution in [0, 0.1) is 6.92 Å². The molecular weight excluding hydrogens is 266 g/mol. The van der Waals surface area contributed by atoms with E-state index in [9.17, 15) is 4.79 Å². The number of anilines is 1.